The number of carbonyl (C=O) groups excluding carboxylic acids is 1. The van der Waals surface area contributed by atoms with Gasteiger partial charge in [0.05, 0.1) is 12.0 Å². The van der Waals surface area contributed by atoms with Gasteiger partial charge in [-0.25, -0.2) is 0 Å². The van der Waals surface area contributed by atoms with Gasteiger partial charge in [-0.1, -0.05) is 12.2 Å². The van der Waals surface area contributed by atoms with Crippen molar-refractivity contribution in [1.82, 2.24) is 4.90 Å². The minimum absolute atomic E-state index is 0.211. The Hall–Kier alpha value is -0.790. The van der Waals surface area contributed by atoms with E-state index in [9.17, 15) is 4.79 Å². The van der Waals surface area contributed by atoms with Gasteiger partial charge in [-0.15, -0.1) is 0 Å². The maximum atomic E-state index is 11.5. The number of hydrogen-bond acceptors (Lipinski definition) is 1. The van der Waals surface area contributed by atoms with Gasteiger partial charge in [0.25, 0.3) is 0 Å². The van der Waals surface area contributed by atoms with Crippen LogP contribution in [-0.4, -0.2) is 22.9 Å². The molecule has 0 saturated carbocycles. The fourth-order valence-electron chi connectivity index (χ4n) is 2.06. The Kier molecular flexibility index (Phi) is 1.31. The molecule has 0 spiro atoms. The molecule has 0 radical (unpaired) electrons. The van der Waals surface area contributed by atoms with Gasteiger partial charge in [0, 0.05) is 6.04 Å². The van der Waals surface area contributed by atoms with Crippen LogP contribution in [0.2, 0.25) is 0 Å². The summed E-state index contributed by atoms with van der Waals surface area (Å²) < 4.78 is 0. The average molecular weight is 151 g/mol. The maximum Gasteiger partial charge on any atom is 0.230 e. The first-order valence-electron chi connectivity index (χ1n) is 4.20. The first kappa shape index (κ1) is 6.89. The SMILES string of the molecule is CC(C)N1C(=O)C2C=CC1C2. The minimum atomic E-state index is 0.211. The first-order chi connectivity index (χ1) is 5.20. The summed E-state index contributed by atoms with van der Waals surface area (Å²) in [4.78, 5) is 13.5. The summed E-state index contributed by atoms with van der Waals surface area (Å²) in [5.41, 5.74) is 0. The zero-order valence-electron chi connectivity index (χ0n) is 6.95. The van der Waals surface area contributed by atoms with Crippen LogP contribution in [0, 0.1) is 5.92 Å². The highest BCUT2D eigenvalue weighted by Gasteiger charge is 2.41. The third kappa shape index (κ3) is 0.817. The summed E-state index contributed by atoms with van der Waals surface area (Å²) in [5.74, 6) is 0.537. The Labute approximate surface area is 66.9 Å². The summed E-state index contributed by atoms with van der Waals surface area (Å²) in [7, 11) is 0. The molecule has 2 nitrogen and oxygen atoms in total. The van der Waals surface area contributed by atoms with Crippen LogP contribution in [0.3, 0.4) is 0 Å². The lowest BCUT2D eigenvalue weighted by Gasteiger charge is -2.28. The van der Waals surface area contributed by atoms with Gasteiger partial charge >= 0.3 is 0 Å². The van der Waals surface area contributed by atoms with E-state index < -0.39 is 0 Å². The van der Waals surface area contributed by atoms with Crippen molar-refractivity contribution in [3.63, 3.8) is 0 Å². The normalized spacial score (nSPS) is 34.5. The molecule has 1 amide bonds. The van der Waals surface area contributed by atoms with Gasteiger partial charge in [-0.2, -0.15) is 0 Å². The van der Waals surface area contributed by atoms with Crippen LogP contribution < -0.4 is 0 Å². The summed E-state index contributed by atoms with van der Waals surface area (Å²) >= 11 is 0. The summed E-state index contributed by atoms with van der Waals surface area (Å²) in [5, 5.41) is 0. The number of rotatable bonds is 1. The largest absolute Gasteiger partial charge is 0.333 e. The van der Waals surface area contributed by atoms with E-state index in [0.717, 1.165) is 6.42 Å². The zero-order valence-corrected chi connectivity index (χ0v) is 6.95. The molecular formula is C9H13NO. The summed E-state index contributed by atoms with van der Waals surface area (Å²) in [6.45, 7) is 4.15. The lowest BCUT2D eigenvalue weighted by Crippen LogP contribution is -2.39. The summed E-state index contributed by atoms with van der Waals surface area (Å²) in [6, 6.07) is 0.773. The van der Waals surface area contributed by atoms with E-state index in [4.69, 9.17) is 0 Å². The second kappa shape index (κ2) is 2.10. The third-order valence-electron chi connectivity index (χ3n) is 2.55. The van der Waals surface area contributed by atoms with E-state index in [0.29, 0.717) is 18.0 Å². The number of carbonyl (C=O) groups is 1. The van der Waals surface area contributed by atoms with Gasteiger partial charge < -0.3 is 4.90 Å². The van der Waals surface area contributed by atoms with Crippen molar-refractivity contribution in [3.8, 4) is 0 Å². The zero-order chi connectivity index (χ0) is 8.01. The molecule has 2 aliphatic rings. The molecule has 0 aromatic rings. The molecule has 60 valence electrons. The van der Waals surface area contributed by atoms with Gasteiger partial charge in [0.1, 0.15) is 0 Å². The highest BCUT2D eigenvalue weighted by atomic mass is 16.2. The van der Waals surface area contributed by atoms with E-state index in [1.165, 1.54) is 0 Å². The van der Waals surface area contributed by atoms with Crippen molar-refractivity contribution in [2.45, 2.75) is 32.4 Å². The smallest absolute Gasteiger partial charge is 0.230 e. The number of amides is 1. The molecule has 0 N–H and O–H groups in total. The Balaban J connectivity index is 2.25. The van der Waals surface area contributed by atoms with Crippen LogP contribution in [0.4, 0.5) is 0 Å². The van der Waals surface area contributed by atoms with E-state index in [1.54, 1.807) is 0 Å². The molecule has 0 aromatic carbocycles. The van der Waals surface area contributed by atoms with Crippen molar-refractivity contribution < 1.29 is 4.79 Å². The second-order valence-corrected chi connectivity index (χ2v) is 3.63. The van der Waals surface area contributed by atoms with Crippen LogP contribution in [0.5, 0.6) is 0 Å². The van der Waals surface area contributed by atoms with Crippen LogP contribution >= 0.6 is 0 Å². The highest BCUT2D eigenvalue weighted by Crippen LogP contribution is 2.33. The number of likely N-dealkylation sites (tertiary alicyclic amines) is 1. The molecule has 1 fully saturated rings. The van der Waals surface area contributed by atoms with E-state index >= 15 is 0 Å². The fraction of sp³-hybridized carbons (Fsp3) is 0.667. The van der Waals surface area contributed by atoms with E-state index in [1.807, 2.05) is 11.0 Å². The van der Waals surface area contributed by atoms with Crippen LogP contribution in [-0.2, 0) is 4.79 Å². The van der Waals surface area contributed by atoms with Gasteiger partial charge in [-0.3, -0.25) is 4.79 Å². The molecule has 2 rings (SSSR count). The van der Waals surface area contributed by atoms with E-state index in [-0.39, 0.29) is 5.92 Å². The topological polar surface area (TPSA) is 20.3 Å². The molecule has 1 heterocycles. The molecule has 2 atom stereocenters. The molecule has 0 aromatic heterocycles. The molecule has 1 saturated heterocycles. The highest BCUT2D eigenvalue weighted by molar-refractivity contribution is 5.85. The first-order valence-corrected chi connectivity index (χ1v) is 4.20. The van der Waals surface area contributed by atoms with Crippen LogP contribution in [0.25, 0.3) is 0 Å². The summed E-state index contributed by atoms with van der Waals surface area (Å²) in [6.07, 6.45) is 5.23. The molecule has 2 bridgehead atoms. The Morgan fingerprint density at radius 3 is 2.64 bits per heavy atom. The second-order valence-electron chi connectivity index (χ2n) is 3.63. The lowest BCUT2D eigenvalue weighted by atomic mass is 10.1. The molecule has 2 heteroatoms. The Morgan fingerprint density at radius 1 is 1.55 bits per heavy atom. The predicted molar refractivity (Wildman–Crippen MR) is 43.0 cm³/mol. The van der Waals surface area contributed by atoms with Gasteiger partial charge in [0.2, 0.25) is 5.91 Å². The Bertz CT molecular complexity index is 220. The number of nitrogens with zero attached hydrogens (tertiary/aromatic N) is 1. The Morgan fingerprint density at radius 2 is 2.27 bits per heavy atom. The standard InChI is InChI=1S/C9H13NO/c1-6(2)10-8-4-3-7(5-8)9(10)11/h3-4,6-8H,5H2,1-2H3. The minimum Gasteiger partial charge on any atom is -0.333 e. The van der Waals surface area contributed by atoms with Crippen molar-refractivity contribution in [2.75, 3.05) is 0 Å². The number of fused-ring (bicyclic) bond motifs is 2. The third-order valence-corrected chi connectivity index (χ3v) is 2.55. The molecule has 1 aliphatic carbocycles. The van der Waals surface area contributed by atoms with Crippen molar-refractivity contribution in [3.05, 3.63) is 12.2 Å². The van der Waals surface area contributed by atoms with Crippen molar-refractivity contribution in [1.29, 1.82) is 0 Å². The lowest BCUT2D eigenvalue weighted by molar-refractivity contribution is -0.132. The fourth-order valence-corrected chi connectivity index (χ4v) is 2.06. The molecular weight excluding hydrogens is 138 g/mol. The molecule has 2 unspecified atom stereocenters. The van der Waals surface area contributed by atoms with Gasteiger partial charge in [0.15, 0.2) is 0 Å². The monoisotopic (exact) mass is 151 g/mol. The van der Waals surface area contributed by atoms with Crippen LogP contribution in [0.15, 0.2) is 12.2 Å². The van der Waals surface area contributed by atoms with Crippen LogP contribution in [0.1, 0.15) is 20.3 Å². The molecule has 11 heavy (non-hydrogen) atoms. The van der Waals surface area contributed by atoms with Crippen molar-refractivity contribution in [2.24, 2.45) is 5.92 Å². The van der Waals surface area contributed by atoms with E-state index in [2.05, 4.69) is 19.9 Å². The average Bonchev–Trinajstić information content (AvgIpc) is 2.44. The van der Waals surface area contributed by atoms with Gasteiger partial charge in [-0.05, 0) is 20.3 Å². The molecule has 1 aliphatic heterocycles. The quantitative estimate of drug-likeness (QED) is 0.515. The maximum absolute atomic E-state index is 11.5. The predicted octanol–water partition coefficient (Wildman–Crippen LogP) is 1.18. The number of hydrogen-bond donors (Lipinski definition) is 0. The van der Waals surface area contributed by atoms with Crippen molar-refractivity contribution >= 4 is 5.91 Å².